The normalized spacial score (nSPS) is 12.1. The summed E-state index contributed by atoms with van der Waals surface area (Å²) in [6.07, 6.45) is 0. The minimum Gasteiger partial charge on any atom is -0.353 e. The quantitative estimate of drug-likeness (QED) is 0.492. The van der Waals surface area contributed by atoms with Gasteiger partial charge in [0.15, 0.2) is 0 Å². The van der Waals surface area contributed by atoms with Gasteiger partial charge in [0.2, 0.25) is 0 Å². The third-order valence-corrected chi connectivity index (χ3v) is 5.02. The van der Waals surface area contributed by atoms with Crippen molar-refractivity contribution in [2.45, 2.75) is 52.4 Å². The van der Waals surface area contributed by atoms with Gasteiger partial charge < -0.3 is 5.32 Å². The van der Waals surface area contributed by atoms with Crippen molar-refractivity contribution in [1.29, 1.82) is 0 Å². The summed E-state index contributed by atoms with van der Waals surface area (Å²) in [6, 6.07) is 21.8. The molecule has 0 atom stereocenters. The molecule has 0 aliphatic rings. The fourth-order valence-corrected chi connectivity index (χ4v) is 3.13. The zero-order chi connectivity index (χ0) is 20.5. The van der Waals surface area contributed by atoms with Gasteiger partial charge in [-0.05, 0) is 57.3 Å². The van der Waals surface area contributed by atoms with E-state index in [9.17, 15) is 4.39 Å². The maximum Gasteiger partial charge on any atom is 0.147 e. The standard InChI is InChI=1S/C26H30FN/c1-25(2,3)20-14-19(15-21(17-20)26(4,5)6)18-12-13-24(23(27)16-18)28-22-10-8-7-9-11-22/h7-17,28H,1-6H3. The number of benzene rings is 3. The lowest BCUT2D eigenvalue weighted by atomic mass is 9.79. The number of anilines is 2. The first-order chi connectivity index (χ1) is 13.0. The first-order valence-corrected chi connectivity index (χ1v) is 9.82. The van der Waals surface area contributed by atoms with Gasteiger partial charge in [0.05, 0.1) is 5.69 Å². The van der Waals surface area contributed by atoms with Crippen molar-refractivity contribution in [3.63, 3.8) is 0 Å². The van der Waals surface area contributed by atoms with Gasteiger partial charge in [-0.1, -0.05) is 84.0 Å². The summed E-state index contributed by atoms with van der Waals surface area (Å²) < 4.78 is 14.8. The van der Waals surface area contributed by atoms with Crippen LogP contribution in [0.2, 0.25) is 0 Å². The Morgan fingerprint density at radius 2 is 1.21 bits per heavy atom. The third kappa shape index (κ3) is 4.62. The Bertz CT molecular complexity index is 928. The average molecular weight is 376 g/mol. The van der Waals surface area contributed by atoms with E-state index in [-0.39, 0.29) is 16.6 Å². The molecule has 0 amide bonds. The maximum atomic E-state index is 14.8. The van der Waals surface area contributed by atoms with Crippen LogP contribution in [0, 0.1) is 5.82 Å². The van der Waals surface area contributed by atoms with E-state index in [2.05, 4.69) is 65.1 Å². The number of para-hydroxylation sites is 1. The van der Waals surface area contributed by atoms with Crippen molar-refractivity contribution >= 4 is 11.4 Å². The number of halogens is 1. The van der Waals surface area contributed by atoms with E-state index in [1.807, 2.05) is 42.5 Å². The maximum absolute atomic E-state index is 14.8. The monoisotopic (exact) mass is 375 g/mol. The van der Waals surface area contributed by atoms with Gasteiger partial charge in [-0.15, -0.1) is 0 Å². The van der Waals surface area contributed by atoms with Crippen LogP contribution < -0.4 is 5.32 Å². The molecule has 1 nitrogen and oxygen atoms in total. The lowest BCUT2D eigenvalue weighted by Gasteiger charge is -2.26. The summed E-state index contributed by atoms with van der Waals surface area (Å²) in [4.78, 5) is 0. The van der Waals surface area contributed by atoms with Gasteiger partial charge in [0.1, 0.15) is 5.82 Å². The molecule has 3 aromatic carbocycles. The number of hydrogen-bond donors (Lipinski definition) is 1. The fraction of sp³-hybridized carbons (Fsp3) is 0.308. The fourth-order valence-electron chi connectivity index (χ4n) is 3.13. The molecule has 0 aliphatic heterocycles. The predicted molar refractivity (Wildman–Crippen MR) is 119 cm³/mol. The minimum absolute atomic E-state index is 0.0311. The molecular weight excluding hydrogens is 345 g/mol. The van der Waals surface area contributed by atoms with Crippen LogP contribution >= 0.6 is 0 Å². The molecule has 3 aromatic rings. The molecular formula is C26H30FN. The molecule has 146 valence electrons. The molecule has 0 saturated heterocycles. The Hall–Kier alpha value is -2.61. The topological polar surface area (TPSA) is 12.0 Å². The van der Waals surface area contributed by atoms with Crippen LogP contribution in [-0.4, -0.2) is 0 Å². The minimum atomic E-state index is -0.250. The van der Waals surface area contributed by atoms with Crippen LogP contribution in [0.5, 0.6) is 0 Å². The zero-order valence-electron chi connectivity index (χ0n) is 17.7. The molecule has 0 aromatic heterocycles. The van der Waals surface area contributed by atoms with Crippen molar-refractivity contribution < 1.29 is 4.39 Å². The summed E-state index contributed by atoms with van der Waals surface area (Å²) in [6.45, 7) is 13.3. The van der Waals surface area contributed by atoms with Gasteiger partial charge in [-0.3, -0.25) is 0 Å². The van der Waals surface area contributed by atoms with Gasteiger partial charge in [0, 0.05) is 5.69 Å². The summed E-state index contributed by atoms with van der Waals surface area (Å²) in [5.41, 5.74) is 5.91. The van der Waals surface area contributed by atoms with Crippen LogP contribution in [0.1, 0.15) is 52.7 Å². The van der Waals surface area contributed by atoms with E-state index in [4.69, 9.17) is 0 Å². The molecule has 2 heteroatoms. The Kier molecular flexibility index (Phi) is 5.34. The highest BCUT2D eigenvalue weighted by Crippen LogP contribution is 2.35. The SMILES string of the molecule is CC(C)(C)c1cc(-c2ccc(Nc3ccccc3)c(F)c2)cc(C(C)(C)C)c1. The number of nitrogens with one attached hydrogen (secondary N) is 1. The predicted octanol–water partition coefficient (Wildman–Crippen LogP) is 7.83. The molecule has 0 unspecified atom stereocenters. The van der Waals surface area contributed by atoms with Crippen LogP contribution in [0.4, 0.5) is 15.8 Å². The molecule has 0 fully saturated rings. The molecule has 0 heterocycles. The Morgan fingerprint density at radius 3 is 1.71 bits per heavy atom. The molecule has 28 heavy (non-hydrogen) atoms. The summed E-state index contributed by atoms with van der Waals surface area (Å²) in [5.74, 6) is -0.250. The van der Waals surface area contributed by atoms with E-state index in [1.54, 1.807) is 6.07 Å². The van der Waals surface area contributed by atoms with Crippen molar-refractivity contribution in [3.8, 4) is 11.1 Å². The van der Waals surface area contributed by atoms with E-state index >= 15 is 0 Å². The largest absolute Gasteiger partial charge is 0.353 e. The van der Waals surface area contributed by atoms with Crippen LogP contribution in [0.25, 0.3) is 11.1 Å². The van der Waals surface area contributed by atoms with E-state index in [1.165, 1.54) is 11.1 Å². The number of hydrogen-bond acceptors (Lipinski definition) is 1. The van der Waals surface area contributed by atoms with E-state index < -0.39 is 0 Å². The second-order valence-corrected chi connectivity index (χ2v) is 9.48. The lowest BCUT2D eigenvalue weighted by Crippen LogP contribution is -2.16. The molecule has 0 radical (unpaired) electrons. The Labute approximate surface area is 168 Å². The highest BCUT2D eigenvalue weighted by Gasteiger charge is 2.21. The molecule has 3 rings (SSSR count). The molecule has 0 bridgehead atoms. The van der Waals surface area contributed by atoms with Crippen molar-refractivity contribution in [1.82, 2.24) is 0 Å². The van der Waals surface area contributed by atoms with E-state index in [0.717, 1.165) is 16.8 Å². The molecule has 0 saturated carbocycles. The Balaban J connectivity index is 2.02. The molecule has 0 aliphatic carbocycles. The molecule has 1 N–H and O–H groups in total. The third-order valence-electron chi connectivity index (χ3n) is 5.02. The van der Waals surface area contributed by atoms with Crippen LogP contribution in [0.3, 0.4) is 0 Å². The summed E-state index contributed by atoms with van der Waals surface area (Å²) in [7, 11) is 0. The second kappa shape index (κ2) is 7.43. The highest BCUT2D eigenvalue weighted by molar-refractivity contribution is 5.70. The van der Waals surface area contributed by atoms with Crippen LogP contribution in [-0.2, 0) is 10.8 Å². The average Bonchev–Trinajstić information content (AvgIpc) is 2.62. The molecule has 0 spiro atoms. The lowest BCUT2D eigenvalue weighted by molar-refractivity contribution is 0.569. The van der Waals surface area contributed by atoms with Crippen molar-refractivity contribution in [3.05, 3.63) is 83.7 Å². The van der Waals surface area contributed by atoms with Crippen LogP contribution in [0.15, 0.2) is 66.7 Å². The van der Waals surface area contributed by atoms with Crippen molar-refractivity contribution in [2.75, 3.05) is 5.32 Å². The smallest absolute Gasteiger partial charge is 0.147 e. The first kappa shape index (κ1) is 20.1. The first-order valence-electron chi connectivity index (χ1n) is 9.82. The second-order valence-electron chi connectivity index (χ2n) is 9.48. The summed E-state index contributed by atoms with van der Waals surface area (Å²) in [5, 5.41) is 3.15. The highest BCUT2D eigenvalue weighted by atomic mass is 19.1. The van der Waals surface area contributed by atoms with E-state index in [0.29, 0.717) is 5.69 Å². The number of rotatable bonds is 3. The Morgan fingerprint density at radius 1 is 0.643 bits per heavy atom. The van der Waals surface area contributed by atoms with Gasteiger partial charge in [-0.25, -0.2) is 4.39 Å². The summed E-state index contributed by atoms with van der Waals surface area (Å²) >= 11 is 0. The van der Waals surface area contributed by atoms with Crippen molar-refractivity contribution in [2.24, 2.45) is 0 Å². The van der Waals surface area contributed by atoms with Gasteiger partial charge in [-0.2, -0.15) is 0 Å². The van der Waals surface area contributed by atoms with Gasteiger partial charge in [0.25, 0.3) is 0 Å². The zero-order valence-corrected chi connectivity index (χ0v) is 17.7. The van der Waals surface area contributed by atoms with Gasteiger partial charge >= 0.3 is 0 Å².